The Hall–Kier alpha value is -2.20. The molecular weight excluding hydrogens is 328 g/mol. The number of unbranched alkanes of at least 4 members (excludes halogenated alkanes) is 1. The summed E-state index contributed by atoms with van der Waals surface area (Å²) in [5, 5.41) is 0. The molecule has 0 saturated heterocycles. The highest BCUT2D eigenvalue weighted by molar-refractivity contribution is 7.98. The Balaban J connectivity index is 1.33. The Labute approximate surface area is 153 Å². The van der Waals surface area contributed by atoms with Gasteiger partial charge in [0.05, 0.1) is 23.4 Å². The van der Waals surface area contributed by atoms with Gasteiger partial charge in [-0.25, -0.2) is 4.98 Å². The van der Waals surface area contributed by atoms with Gasteiger partial charge < -0.3 is 9.72 Å². The van der Waals surface area contributed by atoms with Gasteiger partial charge in [-0.05, 0) is 48.8 Å². The molecule has 3 aromatic rings. The van der Waals surface area contributed by atoms with Gasteiger partial charge in [0.15, 0.2) is 0 Å². The van der Waals surface area contributed by atoms with E-state index in [1.165, 1.54) is 5.56 Å². The molecule has 1 heterocycles. The number of thioether (sulfide) groups is 1. The normalized spacial score (nSPS) is 10.9. The number of fused-ring (bicyclic) bond motifs is 1. The summed E-state index contributed by atoms with van der Waals surface area (Å²) in [5.41, 5.74) is 3.37. The molecule has 3 rings (SSSR count). The van der Waals surface area contributed by atoms with E-state index in [0.29, 0.717) is 0 Å². The van der Waals surface area contributed by atoms with E-state index in [1.54, 1.807) is 0 Å². The molecule has 1 aromatic heterocycles. The van der Waals surface area contributed by atoms with Crippen LogP contribution in [0.3, 0.4) is 0 Å². The Bertz CT molecular complexity index is 779. The topological polar surface area (TPSA) is 37.9 Å². The lowest BCUT2D eigenvalue weighted by atomic mass is 10.1. The van der Waals surface area contributed by atoms with Gasteiger partial charge in [0.1, 0.15) is 11.6 Å². The monoisotopic (exact) mass is 352 g/mol. The minimum Gasteiger partial charge on any atom is -0.493 e. The molecule has 0 fully saturated rings. The maximum Gasteiger partial charge on any atom is 0.122 e. The van der Waals surface area contributed by atoms with Crippen molar-refractivity contribution in [1.29, 1.82) is 0 Å². The first-order valence-corrected chi connectivity index (χ1v) is 9.85. The molecule has 0 amide bonds. The van der Waals surface area contributed by atoms with Crippen molar-refractivity contribution in [3.63, 3.8) is 0 Å². The SMILES string of the molecule is C=CCc1ccccc1OCCCCSCc1nc2ccccc2[nH]1. The molecule has 2 aromatic carbocycles. The van der Waals surface area contributed by atoms with Crippen molar-refractivity contribution in [3.05, 3.63) is 72.6 Å². The highest BCUT2D eigenvalue weighted by atomic mass is 32.2. The van der Waals surface area contributed by atoms with Gasteiger partial charge in [0.2, 0.25) is 0 Å². The van der Waals surface area contributed by atoms with Gasteiger partial charge in [-0.1, -0.05) is 36.4 Å². The third-order valence-electron chi connectivity index (χ3n) is 3.95. The van der Waals surface area contributed by atoms with Crippen LogP contribution in [0.4, 0.5) is 0 Å². The number of aromatic nitrogens is 2. The maximum absolute atomic E-state index is 5.92. The Morgan fingerprint density at radius 1 is 1.08 bits per heavy atom. The number of para-hydroxylation sites is 3. The summed E-state index contributed by atoms with van der Waals surface area (Å²) >= 11 is 1.92. The van der Waals surface area contributed by atoms with E-state index < -0.39 is 0 Å². The standard InChI is InChI=1S/C21H24N2OS/c1-2-9-17-10-3-6-13-20(17)24-14-7-8-15-25-16-21-22-18-11-4-5-12-19(18)23-21/h2-6,10-13H,1,7-9,14-16H2,(H,22,23). The summed E-state index contributed by atoms with van der Waals surface area (Å²) in [6, 6.07) is 16.4. The largest absolute Gasteiger partial charge is 0.493 e. The van der Waals surface area contributed by atoms with Crippen molar-refractivity contribution in [2.75, 3.05) is 12.4 Å². The van der Waals surface area contributed by atoms with Crippen molar-refractivity contribution in [2.24, 2.45) is 0 Å². The average molecular weight is 353 g/mol. The van der Waals surface area contributed by atoms with Gasteiger partial charge in [-0.15, -0.1) is 6.58 Å². The fourth-order valence-corrected chi connectivity index (χ4v) is 3.58. The molecule has 0 aliphatic heterocycles. The molecule has 0 radical (unpaired) electrons. The highest BCUT2D eigenvalue weighted by Gasteiger charge is 2.03. The van der Waals surface area contributed by atoms with Crippen LogP contribution >= 0.6 is 11.8 Å². The Kier molecular flexibility index (Phi) is 6.57. The van der Waals surface area contributed by atoms with Crippen LogP contribution in [0, 0.1) is 0 Å². The molecule has 0 bridgehead atoms. The molecule has 25 heavy (non-hydrogen) atoms. The molecule has 1 N–H and O–H groups in total. The molecular formula is C21H24N2OS. The zero-order chi connectivity index (χ0) is 17.3. The van der Waals surface area contributed by atoms with E-state index >= 15 is 0 Å². The predicted octanol–water partition coefficient (Wildman–Crippen LogP) is 5.38. The number of nitrogens with zero attached hydrogens (tertiary/aromatic N) is 1. The van der Waals surface area contributed by atoms with Crippen LogP contribution < -0.4 is 4.74 Å². The van der Waals surface area contributed by atoms with Crippen molar-refractivity contribution >= 4 is 22.8 Å². The number of aromatic amines is 1. The lowest BCUT2D eigenvalue weighted by Gasteiger charge is -2.10. The molecule has 3 nitrogen and oxygen atoms in total. The average Bonchev–Trinajstić information content (AvgIpc) is 3.05. The second-order valence-corrected chi connectivity index (χ2v) is 7.01. The number of H-pyrrole nitrogens is 1. The number of benzene rings is 2. The molecule has 0 aliphatic rings. The van der Waals surface area contributed by atoms with Crippen LogP contribution in [-0.4, -0.2) is 22.3 Å². The number of ether oxygens (including phenoxy) is 1. The van der Waals surface area contributed by atoms with Gasteiger partial charge in [0.25, 0.3) is 0 Å². The number of hydrogen-bond donors (Lipinski definition) is 1. The summed E-state index contributed by atoms with van der Waals surface area (Å²) in [4.78, 5) is 7.98. The molecule has 130 valence electrons. The molecule has 0 aliphatic carbocycles. The van der Waals surface area contributed by atoms with Gasteiger partial charge >= 0.3 is 0 Å². The zero-order valence-corrected chi connectivity index (χ0v) is 15.2. The zero-order valence-electron chi connectivity index (χ0n) is 14.4. The molecule has 0 unspecified atom stereocenters. The van der Waals surface area contributed by atoms with Crippen molar-refractivity contribution in [1.82, 2.24) is 9.97 Å². The fraction of sp³-hybridized carbons (Fsp3) is 0.286. The first-order chi connectivity index (χ1) is 12.4. The van der Waals surface area contributed by atoms with Crippen LogP contribution in [0.1, 0.15) is 24.2 Å². The predicted molar refractivity (Wildman–Crippen MR) is 107 cm³/mol. The molecule has 0 saturated carbocycles. The van der Waals surface area contributed by atoms with Crippen LogP contribution in [0.2, 0.25) is 0 Å². The van der Waals surface area contributed by atoms with E-state index in [2.05, 4.69) is 28.7 Å². The third kappa shape index (κ3) is 5.13. The number of nitrogens with one attached hydrogen (secondary N) is 1. The summed E-state index contributed by atoms with van der Waals surface area (Å²) in [5.74, 6) is 4.09. The van der Waals surface area contributed by atoms with E-state index in [9.17, 15) is 0 Å². The summed E-state index contributed by atoms with van der Waals surface area (Å²) < 4.78 is 5.92. The Morgan fingerprint density at radius 2 is 1.92 bits per heavy atom. The van der Waals surface area contributed by atoms with Crippen LogP contribution in [0.15, 0.2) is 61.2 Å². The van der Waals surface area contributed by atoms with Crippen molar-refractivity contribution in [2.45, 2.75) is 25.0 Å². The minimum absolute atomic E-state index is 0.763. The first-order valence-electron chi connectivity index (χ1n) is 8.70. The van der Waals surface area contributed by atoms with E-state index in [-0.39, 0.29) is 0 Å². The minimum atomic E-state index is 0.763. The lowest BCUT2D eigenvalue weighted by molar-refractivity contribution is 0.307. The third-order valence-corrected chi connectivity index (χ3v) is 5.01. The number of rotatable bonds is 10. The van der Waals surface area contributed by atoms with E-state index in [0.717, 1.165) is 60.0 Å². The van der Waals surface area contributed by atoms with Crippen LogP contribution in [-0.2, 0) is 12.2 Å². The lowest BCUT2D eigenvalue weighted by Crippen LogP contribution is -2.00. The Morgan fingerprint density at radius 3 is 2.80 bits per heavy atom. The maximum atomic E-state index is 5.92. The molecule has 0 atom stereocenters. The smallest absolute Gasteiger partial charge is 0.122 e. The van der Waals surface area contributed by atoms with Crippen molar-refractivity contribution in [3.8, 4) is 5.75 Å². The van der Waals surface area contributed by atoms with Gasteiger partial charge in [0, 0.05) is 0 Å². The number of imidazole rings is 1. The van der Waals surface area contributed by atoms with Crippen molar-refractivity contribution < 1.29 is 4.74 Å². The van der Waals surface area contributed by atoms with Gasteiger partial charge in [-0.3, -0.25) is 0 Å². The highest BCUT2D eigenvalue weighted by Crippen LogP contribution is 2.20. The van der Waals surface area contributed by atoms with Crippen LogP contribution in [0.5, 0.6) is 5.75 Å². The summed E-state index contributed by atoms with van der Waals surface area (Å²) in [7, 11) is 0. The number of hydrogen-bond acceptors (Lipinski definition) is 3. The van der Waals surface area contributed by atoms with E-state index in [4.69, 9.17) is 4.74 Å². The van der Waals surface area contributed by atoms with Crippen LogP contribution in [0.25, 0.3) is 11.0 Å². The summed E-state index contributed by atoms with van der Waals surface area (Å²) in [6.45, 7) is 4.56. The number of allylic oxidation sites excluding steroid dienone is 1. The fourth-order valence-electron chi connectivity index (χ4n) is 2.70. The molecule has 4 heteroatoms. The van der Waals surface area contributed by atoms with E-state index in [1.807, 2.05) is 54.2 Å². The molecule has 0 spiro atoms. The quantitative estimate of drug-likeness (QED) is 0.393. The second-order valence-electron chi connectivity index (χ2n) is 5.91. The van der Waals surface area contributed by atoms with Gasteiger partial charge in [-0.2, -0.15) is 11.8 Å². The second kappa shape index (κ2) is 9.33. The summed E-state index contributed by atoms with van der Waals surface area (Å²) in [6.07, 6.45) is 4.98. The first kappa shape index (κ1) is 17.6.